The van der Waals surface area contributed by atoms with E-state index in [2.05, 4.69) is 30.2 Å². The molecule has 0 unspecified atom stereocenters. The standard InChI is InChI=1S/C19H22F3N5O2/c1-13-11-17(27-9-3-2-4-10-27)26-16(24-13)12-23-18(28)25-14-5-7-15(8-6-14)29-19(20,21)22/h5-8,11H,2-4,9-10,12H2,1H3,(H2,23,25,28). The van der Waals surface area contributed by atoms with E-state index in [4.69, 9.17) is 0 Å². The lowest BCUT2D eigenvalue weighted by molar-refractivity contribution is -0.274. The van der Waals surface area contributed by atoms with Crippen LogP contribution in [0.15, 0.2) is 30.3 Å². The molecule has 156 valence electrons. The van der Waals surface area contributed by atoms with Crippen LogP contribution in [-0.2, 0) is 6.54 Å². The van der Waals surface area contributed by atoms with Crippen molar-refractivity contribution in [2.24, 2.45) is 0 Å². The van der Waals surface area contributed by atoms with Crippen molar-refractivity contribution in [2.45, 2.75) is 39.1 Å². The number of aryl methyl sites for hydroxylation is 1. The molecular weight excluding hydrogens is 387 g/mol. The first-order valence-corrected chi connectivity index (χ1v) is 9.29. The van der Waals surface area contributed by atoms with Gasteiger partial charge in [-0.05, 0) is 50.5 Å². The van der Waals surface area contributed by atoms with E-state index in [1.165, 1.54) is 18.6 Å². The quantitative estimate of drug-likeness (QED) is 0.781. The topological polar surface area (TPSA) is 79.4 Å². The van der Waals surface area contributed by atoms with Crippen LogP contribution >= 0.6 is 0 Å². The number of rotatable bonds is 5. The molecule has 29 heavy (non-hydrogen) atoms. The lowest BCUT2D eigenvalue weighted by Gasteiger charge is -2.28. The molecule has 1 aromatic carbocycles. The van der Waals surface area contributed by atoms with Gasteiger partial charge in [-0.2, -0.15) is 0 Å². The summed E-state index contributed by atoms with van der Waals surface area (Å²) < 4.78 is 40.3. The van der Waals surface area contributed by atoms with Gasteiger partial charge in [0.2, 0.25) is 0 Å². The summed E-state index contributed by atoms with van der Waals surface area (Å²) >= 11 is 0. The van der Waals surface area contributed by atoms with Gasteiger partial charge in [-0.25, -0.2) is 14.8 Å². The third kappa shape index (κ3) is 6.51. The highest BCUT2D eigenvalue weighted by Crippen LogP contribution is 2.24. The number of carbonyl (C=O) groups excluding carboxylic acids is 1. The number of piperidine rings is 1. The number of hydrogen-bond acceptors (Lipinski definition) is 5. The molecule has 2 N–H and O–H groups in total. The summed E-state index contributed by atoms with van der Waals surface area (Å²) in [6.45, 7) is 3.92. The van der Waals surface area contributed by atoms with Crippen molar-refractivity contribution in [3.05, 3.63) is 41.9 Å². The number of amides is 2. The molecule has 1 saturated heterocycles. The molecule has 1 aliphatic heterocycles. The summed E-state index contributed by atoms with van der Waals surface area (Å²) in [6.07, 6.45) is -1.27. The molecule has 0 aliphatic carbocycles. The van der Waals surface area contributed by atoms with Crippen LogP contribution in [0.3, 0.4) is 0 Å². The fourth-order valence-electron chi connectivity index (χ4n) is 3.05. The molecular formula is C19H22F3N5O2. The Bertz CT molecular complexity index is 837. The van der Waals surface area contributed by atoms with E-state index in [0.29, 0.717) is 11.5 Å². The molecule has 0 bridgehead atoms. The Morgan fingerprint density at radius 2 is 1.83 bits per heavy atom. The van der Waals surface area contributed by atoms with E-state index in [1.807, 2.05) is 13.0 Å². The van der Waals surface area contributed by atoms with E-state index in [-0.39, 0.29) is 12.3 Å². The second-order valence-corrected chi connectivity index (χ2v) is 6.71. The third-order valence-corrected chi connectivity index (χ3v) is 4.32. The van der Waals surface area contributed by atoms with E-state index in [9.17, 15) is 18.0 Å². The van der Waals surface area contributed by atoms with E-state index in [1.54, 1.807) is 0 Å². The Balaban J connectivity index is 1.54. The molecule has 3 rings (SSSR count). The van der Waals surface area contributed by atoms with Gasteiger partial charge in [-0.15, -0.1) is 13.2 Å². The Labute approximate surface area is 166 Å². The molecule has 1 aromatic heterocycles. The van der Waals surface area contributed by atoms with Crippen LogP contribution in [-0.4, -0.2) is 35.5 Å². The summed E-state index contributed by atoms with van der Waals surface area (Å²) in [5.74, 6) is 0.992. The van der Waals surface area contributed by atoms with Crippen molar-refractivity contribution in [1.29, 1.82) is 0 Å². The first-order chi connectivity index (χ1) is 13.8. The van der Waals surface area contributed by atoms with Crippen molar-refractivity contribution in [1.82, 2.24) is 15.3 Å². The summed E-state index contributed by atoms with van der Waals surface area (Å²) in [5, 5.41) is 5.19. The van der Waals surface area contributed by atoms with Crippen molar-refractivity contribution < 1.29 is 22.7 Å². The van der Waals surface area contributed by atoms with Gasteiger partial charge in [0, 0.05) is 30.5 Å². The van der Waals surface area contributed by atoms with Crippen LogP contribution in [0.4, 0.5) is 29.5 Å². The number of benzene rings is 1. The number of urea groups is 1. The zero-order valence-electron chi connectivity index (χ0n) is 15.9. The maximum Gasteiger partial charge on any atom is 0.573 e. The van der Waals surface area contributed by atoms with Crippen LogP contribution in [0.2, 0.25) is 0 Å². The number of aromatic nitrogens is 2. The maximum atomic E-state index is 12.2. The van der Waals surface area contributed by atoms with Crippen LogP contribution < -0.4 is 20.3 Å². The van der Waals surface area contributed by atoms with Crippen molar-refractivity contribution >= 4 is 17.5 Å². The number of carbonyl (C=O) groups is 1. The molecule has 7 nitrogen and oxygen atoms in total. The molecule has 2 aromatic rings. The number of alkyl halides is 3. The molecule has 1 fully saturated rings. The SMILES string of the molecule is Cc1cc(N2CCCCC2)nc(CNC(=O)Nc2ccc(OC(F)(F)F)cc2)n1. The van der Waals surface area contributed by atoms with Gasteiger partial charge in [0.15, 0.2) is 0 Å². The van der Waals surface area contributed by atoms with Crippen LogP contribution in [0, 0.1) is 6.92 Å². The van der Waals surface area contributed by atoms with Crippen molar-refractivity contribution in [3.63, 3.8) is 0 Å². The lowest BCUT2D eigenvalue weighted by Crippen LogP contribution is -2.32. The molecule has 0 atom stereocenters. The summed E-state index contributed by atoms with van der Waals surface area (Å²) in [7, 11) is 0. The molecule has 2 heterocycles. The Kier molecular flexibility index (Phi) is 6.40. The predicted octanol–water partition coefficient (Wildman–Crippen LogP) is 4.00. The van der Waals surface area contributed by atoms with Gasteiger partial charge in [0.1, 0.15) is 17.4 Å². The molecule has 0 saturated carbocycles. The molecule has 2 amide bonds. The first-order valence-electron chi connectivity index (χ1n) is 9.29. The maximum absolute atomic E-state index is 12.2. The fraction of sp³-hybridized carbons (Fsp3) is 0.421. The number of halogens is 3. The lowest BCUT2D eigenvalue weighted by atomic mass is 10.1. The number of nitrogens with one attached hydrogen (secondary N) is 2. The minimum absolute atomic E-state index is 0.129. The van der Waals surface area contributed by atoms with Gasteiger partial charge in [0.25, 0.3) is 0 Å². The monoisotopic (exact) mass is 409 g/mol. The van der Waals surface area contributed by atoms with E-state index in [0.717, 1.165) is 49.6 Å². The predicted molar refractivity (Wildman–Crippen MR) is 102 cm³/mol. The Morgan fingerprint density at radius 1 is 1.14 bits per heavy atom. The van der Waals surface area contributed by atoms with Gasteiger partial charge < -0.3 is 20.3 Å². The minimum Gasteiger partial charge on any atom is -0.406 e. The molecule has 1 aliphatic rings. The Morgan fingerprint density at radius 3 is 2.48 bits per heavy atom. The van der Waals surface area contributed by atoms with E-state index < -0.39 is 12.4 Å². The number of hydrogen-bond donors (Lipinski definition) is 2. The largest absolute Gasteiger partial charge is 0.573 e. The molecule has 0 radical (unpaired) electrons. The number of anilines is 2. The summed E-state index contributed by atoms with van der Waals surface area (Å²) in [5.41, 5.74) is 1.15. The first kappa shape index (κ1) is 20.7. The highest BCUT2D eigenvalue weighted by atomic mass is 19.4. The van der Waals surface area contributed by atoms with Crippen molar-refractivity contribution in [2.75, 3.05) is 23.3 Å². The van der Waals surface area contributed by atoms with Crippen LogP contribution in [0.5, 0.6) is 5.75 Å². The summed E-state index contributed by atoms with van der Waals surface area (Å²) in [6, 6.07) is 6.30. The summed E-state index contributed by atoms with van der Waals surface area (Å²) in [4.78, 5) is 23.2. The number of ether oxygens (including phenoxy) is 1. The fourth-order valence-corrected chi connectivity index (χ4v) is 3.05. The highest BCUT2D eigenvalue weighted by Gasteiger charge is 2.30. The van der Waals surface area contributed by atoms with Crippen LogP contribution in [0.1, 0.15) is 30.8 Å². The van der Waals surface area contributed by atoms with Crippen LogP contribution in [0.25, 0.3) is 0 Å². The normalized spacial score (nSPS) is 14.4. The third-order valence-electron chi connectivity index (χ3n) is 4.32. The second-order valence-electron chi connectivity index (χ2n) is 6.71. The van der Waals surface area contributed by atoms with Gasteiger partial charge >= 0.3 is 12.4 Å². The zero-order chi connectivity index (χ0) is 20.9. The highest BCUT2D eigenvalue weighted by molar-refractivity contribution is 5.89. The average molecular weight is 409 g/mol. The smallest absolute Gasteiger partial charge is 0.406 e. The molecule has 10 heteroatoms. The second kappa shape index (κ2) is 8.97. The zero-order valence-corrected chi connectivity index (χ0v) is 15.9. The van der Waals surface area contributed by atoms with E-state index >= 15 is 0 Å². The van der Waals surface area contributed by atoms with Crippen molar-refractivity contribution in [3.8, 4) is 5.75 Å². The Hall–Kier alpha value is -3.04. The van der Waals surface area contributed by atoms with Gasteiger partial charge in [0.05, 0.1) is 6.54 Å². The average Bonchev–Trinajstić information content (AvgIpc) is 2.67. The van der Waals surface area contributed by atoms with Gasteiger partial charge in [-0.1, -0.05) is 0 Å². The molecule has 0 spiro atoms. The van der Waals surface area contributed by atoms with Gasteiger partial charge in [-0.3, -0.25) is 0 Å². The number of nitrogens with zero attached hydrogens (tertiary/aromatic N) is 3. The minimum atomic E-state index is -4.76.